The molecule has 0 radical (unpaired) electrons. The van der Waals surface area contributed by atoms with Gasteiger partial charge in [0, 0.05) is 6.54 Å². The first kappa shape index (κ1) is 16.1. The zero-order valence-corrected chi connectivity index (χ0v) is 12.2. The summed E-state index contributed by atoms with van der Waals surface area (Å²) in [5.41, 5.74) is -0.301. The average molecular weight is 289 g/mol. The van der Waals surface area contributed by atoms with E-state index in [9.17, 15) is 17.9 Å². The van der Waals surface area contributed by atoms with Crippen molar-refractivity contribution in [2.45, 2.75) is 38.2 Å². The molecule has 1 rings (SSSR count). The molecule has 1 aromatic carbocycles. The predicted octanol–water partition coefficient (Wildman–Crippen LogP) is 1.90. The van der Waals surface area contributed by atoms with Gasteiger partial charge in [0.25, 0.3) is 0 Å². The van der Waals surface area contributed by atoms with E-state index in [2.05, 4.69) is 4.72 Å². The lowest BCUT2D eigenvalue weighted by Crippen LogP contribution is -2.32. The van der Waals surface area contributed by atoms with Crippen LogP contribution in [0.2, 0.25) is 0 Å². The molecule has 0 unspecified atom stereocenters. The molecule has 0 aromatic heterocycles. The molecule has 0 aliphatic rings. The monoisotopic (exact) mass is 289 g/mol. The van der Waals surface area contributed by atoms with Crippen LogP contribution in [0.5, 0.6) is 0 Å². The minimum absolute atomic E-state index is 0.108. The summed E-state index contributed by atoms with van der Waals surface area (Å²) in [5.74, 6) is -0.599. The van der Waals surface area contributed by atoms with Gasteiger partial charge < -0.3 is 5.11 Å². The molecule has 108 valence electrons. The third-order valence-corrected chi connectivity index (χ3v) is 4.27. The Morgan fingerprint density at radius 3 is 2.53 bits per heavy atom. The smallest absolute Gasteiger partial charge is 0.240 e. The van der Waals surface area contributed by atoms with Gasteiger partial charge in [-0.3, -0.25) is 0 Å². The van der Waals surface area contributed by atoms with Crippen LogP contribution in [0.4, 0.5) is 4.39 Å². The zero-order chi connectivity index (χ0) is 14.7. The number of nitrogens with one attached hydrogen (secondary N) is 1. The first-order valence-corrected chi connectivity index (χ1v) is 7.54. The van der Waals surface area contributed by atoms with Crippen LogP contribution >= 0.6 is 0 Å². The number of hydrogen-bond acceptors (Lipinski definition) is 3. The molecular weight excluding hydrogens is 269 g/mol. The third kappa shape index (κ3) is 4.89. The molecule has 0 aliphatic carbocycles. The molecule has 0 saturated carbocycles. The highest BCUT2D eigenvalue weighted by Gasteiger charge is 2.22. The van der Waals surface area contributed by atoms with Gasteiger partial charge in [0.05, 0.1) is 11.0 Å². The molecule has 0 bridgehead atoms. The average Bonchev–Trinajstić information content (AvgIpc) is 2.27. The highest BCUT2D eigenvalue weighted by Crippen LogP contribution is 2.21. The Hall–Kier alpha value is -0.980. The highest BCUT2D eigenvalue weighted by molar-refractivity contribution is 7.89. The molecule has 0 fully saturated rings. The number of benzene rings is 1. The number of sulfonamides is 1. The van der Waals surface area contributed by atoms with Gasteiger partial charge in [-0.2, -0.15) is 0 Å². The summed E-state index contributed by atoms with van der Waals surface area (Å²) in [6, 6.07) is 4.81. The van der Waals surface area contributed by atoms with Crippen LogP contribution < -0.4 is 4.72 Å². The van der Waals surface area contributed by atoms with Gasteiger partial charge >= 0.3 is 0 Å². The summed E-state index contributed by atoms with van der Waals surface area (Å²) in [6.45, 7) is 5.73. The van der Waals surface area contributed by atoms with Crippen LogP contribution in [0.15, 0.2) is 29.2 Å². The fourth-order valence-electron chi connectivity index (χ4n) is 1.48. The lowest BCUT2D eigenvalue weighted by molar-refractivity contribution is 0.0571. The van der Waals surface area contributed by atoms with Crippen molar-refractivity contribution >= 4 is 10.0 Å². The molecule has 1 aromatic rings. The Labute approximate surface area is 113 Å². The maximum absolute atomic E-state index is 13.0. The minimum atomic E-state index is -3.73. The van der Waals surface area contributed by atoms with Crippen LogP contribution in [-0.2, 0) is 10.0 Å². The van der Waals surface area contributed by atoms with Crippen molar-refractivity contribution < 1.29 is 17.9 Å². The van der Waals surface area contributed by atoms with Crippen LogP contribution in [0, 0.1) is 11.2 Å². The van der Waals surface area contributed by atoms with E-state index < -0.39 is 21.9 Å². The summed E-state index contributed by atoms with van der Waals surface area (Å²) in [6.07, 6.45) is -0.305. The molecule has 0 aliphatic heterocycles. The number of rotatable bonds is 5. The van der Waals surface area contributed by atoms with Crippen molar-refractivity contribution in [3.8, 4) is 0 Å². The van der Waals surface area contributed by atoms with E-state index >= 15 is 0 Å². The molecule has 19 heavy (non-hydrogen) atoms. The van der Waals surface area contributed by atoms with Crippen molar-refractivity contribution in [1.29, 1.82) is 0 Å². The van der Waals surface area contributed by atoms with Gasteiger partial charge in [0.1, 0.15) is 5.82 Å². The molecule has 0 heterocycles. The van der Waals surface area contributed by atoms with Crippen LogP contribution in [0.3, 0.4) is 0 Å². The summed E-state index contributed by atoms with van der Waals surface area (Å²) in [4.78, 5) is -0.113. The molecule has 2 N–H and O–H groups in total. The Kier molecular flexibility index (Phi) is 5.06. The van der Waals surface area contributed by atoms with E-state index in [1.165, 1.54) is 18.2 Å². The summed E-state index contributed by atoms with van der Waals surface area (Å²) in [5, 5.41) is 9.80. The van der Waals surface area contributed by atoms with Crippen LogP contribution in [0.25, 0.3) is 0 Å². The van der Waals surface area contributed by atoms with Gasteiger partial charge in [-0.25, -0.2) is 17.5 Å². The molecule has 6 heteroatoms. The largest absolute Gasteiger partial charge is 0.393 e. The molecule has 0 amide bonds. The zero-order valence-electron chi connectivity index (χ0n) is 11.4. The second kappa shape index (κ2) is 5.98. The maximum Gasteiger partial charge on any atom is 0.240 e. The summed E-state index contributed by atoms with van der Waals surface area (Å²) < 4.78 is 39.0. The molecule has 4 nitrogen and oxygen atoms in total. The first-order valence-electron chi connectivity index (χ1n) is 6.06. The van der Waals surface area contributed by atoms with Gasteiger partial charge in [-0.1, -0.05) is 26.8 Å². The van der Waals surface area contributed by atoms with Gasteiger partial charge in [0.2, 0.25) is 10.0 Å². The second-order valence-corrected chi connectivity index (χ2v) is 7.29. The molecule has 1 atom stereocenters. The second-order valence-electron chi connectivity index (χ2n) is 5.53. The molecule has 0 saturated heterocycles. The van der Waals surface area contributed by atoms with Crippen molar-refractivity contribution in [3.63, 3.8) is 0 Å². The van der Waals surface area contributed by atoms with E-state index in [0.29, 0.717) is 6.42 Å². The topological polar surface area (TPSA) is 66.4 Å². The van der Waals surface area contributed by atoms with Gasteiger partial charge in [0.15, 0.2) is 0 Å². The number of aliphatic hydroxyl groups is 1. The van der Waals surface area contributed by atoms with Gasteiger partial charge in [-0.05, 0) is 30.0 Å². The van der Waals surface area contributed by atoms with E-state index in [1.807, 2.05) is 20.8 Å². The van der Waals surface area contributed by atoms with E-state index in [1.54, 1.807) is 0 Å². The maximum atomic E-state index is 13.0. The molecular formula is C13H20FNO3S. The van der Waals surface area contributed by atoms with Crippen molar-refractivity contribution in [1.82, 2.24) is 4.72 Å². The Balaban J connectivity index is 2.62. The SMILES string of the molecule is CC(C)(C)[C@@H](O)CCNS(=O)(=O)c1cccc(F)c1. The normalized spacial score (nSPS) is 14.4. The molecule has 0 spiro atoms. The number of hydrogen-bond donors (Lipinski definition) is 2. The Morgan fingerprint density at radius 2 is 2.00 bits per heavy atom. The lowest BCUT2D eigenvalue weighted by atomic mass is 9.87. The number of halogens is 1. The fourth-order valence-corrected chi connectivity index (χ4v) is 2.56. The summed E-state index contributed by atoms with van der Waals surface area (Å²) >= 11 is 0. The minimum Gasteiger partial charge on any atom is -0.393 e. The third-order valence-electron chi connectivity index (χ3n) is 2.82. The van der Waals surface area contributed by atoms with E-state index in [0.717, 1.165) is 6.07 Å². The first-order chi connectivity index (χ1) is 8.63. The highest BCUT2D eigenvalue weighted by atomic mass is 32.2. The predicted molar refractivity (Wildman–Crippen MR) is 71.7 cm³/mol. The fraction of sp³-hybridized carbons (Fsp3) is 0.538. The van der Waals surface area contributed by atoms with E-state index in [-0.39, 0.29) is 16.9 Å². The summed E-state index contributed by atoms with van der Waals surface area (Å²) in [7, 11) is -3.73. The van der Waals surface area contributed by atoms with Crippen molar-refractivity contribution in [2.24, 2.45) is 5.41 Å². The van der Waals surface area contributed by atoms with Crippen molar-refractivity contribution in [3.05, 3.63) is 30.1 Å². The Bertz CT molecular complexity index is 523. The van der Waals surface area contributed by atoms with E-state index in [4.69, 9.17) is 0 Å². The quantitative estimate of drug-likeness (QED) is 0.870. The van der Waals surface area contributed by atoms with Crippen LogP contribution in [-0.4, -0.2) is 26.2 Å². The number of aliphatic hydroxyl groups excluding tert-OH is 1. The van der Waals surface area contributed by atoms with Crippen molar-refractivity contribution in [2.75, 3.05) is 6.54 Å². The lowest BCUT2D eigenvalue weighted by Gasteiger charge is -2.25. The standard InChI is InChI=1S/C13H20FNO3S/c1-13(2,3)12(16)7-8-15-19(17,18)11-6-4-5-10(14)9-11/h4-6,9,12,15-16H,7-8H2,1-3H3/t12-/m0/s1. The van der Waals surface area contributed by atoms with Gasteiger partial charge in [-0.15, -0.1) is 0 Å². The Morgan fingerprint density at radius 1 is 1.37 bits per heavy atom. The van der Waals surface area contributed by atoms with Crippen LogP contribution in [0.1, 0.15) is 27.2 Å².